The molecule has 1 heterocycles. The first-order chi connectivity index (χ1) is 9.61. The average molecular weight is 278 g/mol. The minimum absolute atomic E-state index is 0.124. The molecule has 1 aliphatic heterocycles. The number of carbonyl (C=O) groups is 1. The molecule has 0 aliphatic carbocycles. The van der Waals surface area contributed by atoms with Gasteiger partial charge in [-0.25, -0.2) is 4.79 Å². The van der Waals surface area contributed by atoms with Gasteiger partial charge in [-0.15, -0.1) is 0 Å². The van der Waals surface area contributed by atoms with Gasteiger partial charge in [-0.3, -0.25) is 0 Å². The Bertz CT molecular complexity index is 458. The van der Waals surface area contributed by atoms with Crippen LogP contribution in [0, 0.1) is 0 Å². The molecule has 20 heavy (non-hydrogen) atoms. The fourth-order valence-electron chi connectivity index (χ4n) is 2.43. The van der Waals surface area contributed by atoms with Gasteiger partial charge in [-0.2, -0.15) is 0 Å². The van der Waals surface area contributed by atoms with E-state index in [4.69, 9.17) is 14.6 Å². The van der Waals surface area contributed by atoms with Crippen LogP contribution in [-0.4, -0.2) is 29.9 Å². The van der Waals surface area contributed by atoms with Crippen LogP contribution in [0.5, 0.6) is 5.75 Å². The lowest BCUT2D eigenvalue weighted by Crippen LogP contribution is -2.23. The first-order valence-electron chi connectivity index (χ1n) is 7.21. The van der Waals surface area contributed by atoms with Crippen LogP contribution in [0.4, 0.5) is 0 Å². The van der Waals surface area contributed by atoms with Crippen molar-refractivity contribution >= 4 is 5.97 Å². The molecule has 110 valence electrons. The van der Waals surface area contributed by atoms with Gasteiger partial charge in [0.1, 0.15) is 12.4 Å². The number of para-hydroxylation sites is 1. The molecule has 2 rings (SSSR count). The largest absolute Gasteiger partial charge is 0.491 e. The number of carboxylic acid groups (broad SMARTS) is 1. The van der Waals surface area contributed by atoms with Gasteiger partial charge in [0.2, 0.25) is 0 Å². The average Bonchev–Trinajstić information content (AvgIpc) is 2.93. The first kappa shape index (κ1) is 14.9. The van der Waals surface area contributed by atoms with Crippen LogP contribution in [0.2, 0.25) is 0 Å². The molecule has 0 amide bonds. The number of aliphatic carboxylic acids is 1. The maximum Gasteiger partial charge on any atom is 0.332 e. The second-order valence-corrected chi connectivity index (χ2v) is 5.32. The van der Waals surface area contributed by atoms with E-state index in [9.17, 15) is 4.79 Å². The summed E-state index contributed by atoms with van der Waals surface area (Å²) >= 11 is 0. The van der Waals surface area contributed by atoms with Crippen molar-refractivity contribution in [2.75, 3.05) is 6.61 Å². The number of ether oxygens (including phenoxy) is 2. The molecular weight excluding hydrogens is 256 g/mol. The maximum absolute atomic E-state index is 10.8. The predicted octanol–water partition coefficient (Wildman–Crippen LogP) is 3.21. The molecule has 1 aromatic carbocycles. The zero-order chi connectivity index (χ0) is 14.5. The van der Waals surface area contributed by atoms with E-state index in [0.717, 1.165) is 18.6 Å². The molecule has 1 saturated heterocycles. The quantitative estimate of drug-likeness (QED) is 0.868. The van der Waals surface area contributed by atoms with Crippen molar-refractivity contribution in [3.63, 3.8) is 0 Å². The van der Waals surface area contributed by atoms with Crippen LogP contribution >= 0.6 is 0 Å². The fraction of sp³-hybridized carbons (Fsp3) is 0.562. The minimum Gasteiger partial charge on any atom is -0.491 e. The molecular formula is C16H22O4. The second-order valence-electron chi connectivity index (χ2n) is 5.32. The Morgan fingerprint density at radius 2 is 2.20 bits per heavy atom. The Balaban J connectivity index is 1.93. The molecule has 1 aromatic rings. The minimum atomic E-state index is -0.882. The highest BCUT2D eigenvalue weighted by Gasteiger charge is 2.30. The van der Waals surface area contributed by atoms with Gasteiger partial charge in [-0.1, -0.05) is 32.0 Å². The van der Waals surface area contributed by atoms with Gasteiger partial charge in [0, 0.05) is 0 Å². The lowest BCUT2D eigenvalue weighted by Gasteiger charge is -2.18. The molecule has 3 unspecified atom stereocenters. The van der Waals surface area contributed by atoms with Crippen molar-refractivity contribution in [1.29, 1.82) is 0 Å². The van der Waals surface area contributed by atoms with Gasteiger partial charge in [0.15, 0.2) is 6.10 Å². The van der Waals surface area contributed by atoms with E-state index in [1.165, 1.54) is 5.56 Å². The van der Waals surface area contributed by atoms with E-state index < -0.39 is 12.1 Å². The molecule has 3 atom stereocenters. The topological polar surface area (TPSA) is 55.8 Å². The van der Waals surface area contributed by atoms with Crippen molar-refractivity contribution in [2.45, 2.75) is 51.2 Å². The van der Waals surface area contributed by atoms with Gasteiger partial charge in [0.05, 0.1) is 6.10 Å². The van der Waals surface area contributed by atoms with Crippen molar-refractivity contribution in [3.8, 4) is 5.75 Å². The van der Waals surface area contributed by atoms with Gasteiger partial charge in [0.25, 0.3) is 0 Å². The fourth-order valence-corrected chi connectivity index (χ4v) is 2.43. The van der Waals surface area contributed by atoms with E-state index in [0.29, 0.717) is 18.9 Å². The lowest BCUT2D eigenvalue weighted by atomic mass is 9.98. The summed E-state index contributed by atoms with van der Waals surface area (Å²) in [6.45, 7) is 4.74. The predicted molar refractivity (Wildman–Crippen MR) is 76.2 cm³/mol. The molecule has 0 saturated carbocycles. The molecule has 4 nitrogen and oxygen atoms in total. The first-order valence-corrected chi connectivity index (χ1v) is 7.21. The van der Waals surface area contributed by atoms with Crippen molar-refractivity contribution in [1.82, 2.24) is 0 Å². The summed E-state index contributed by atoms with van der Waals surface area (Å²) < 4.78 is 11.3. The van der Waals surface area contributed by atoms with E-state index >= 15 is 0 Å². The summed E-state index contributed by atoms with van der Waals surface area (Å²) in [4.78, 5) is 10.8. The van der Waals surface area contributed by atoms with Crippen LogP contribution in [-0.2, 0) is 9.53 Å². The molecule has 4 heteroatoms. The van der Waals surface area contributed by atoms with E-state index in [1.807, 2.05) is 18.2 Å². The van der Waals surface area contributed by atoms with Crippen LogP contribution in [0.25, 0.3) is 0 Å². The van der Waals surface area contributed by atoms with Crippen molar-refractivity contribution in [2.24, 2.45) is 0 Å². The number of benzene rings is 1. The molecule has 1 N–H and O–H groups in total. The van der Waals surface area contributed by atoms with Crippen LogP contribution in [0.1, 0.15) is 44.6 Å². The number of rotatable bonds is 6. The molecule has 0 spiro atoms. The zero-order valence-corrected chi connectivity index (χ0v) is 12.0. The van der Waals surface area contributed by atoms with E-state index in [-0.39, 0.29) is 6.10 Å². The summed E-state index contributed by atoms with van der Waals surface area (Å²) in [6, 6.07) is 8.02. The standard InChI is InChI=1S/C16H22O4/c1-3-11(2)13-6-4-5-7-14(13)19-10-12-8-9-15(20-12)16(17)18/h4-7,11-12,15H,3,8-10H2,1-2H3,(H,17,18). The van der Waals surface area contributed by atoms with E-state index in [2.05, 4.69) is 19.9 Å². The normalized spacial score (nSPS) is 23.5. The SMILES string of the molecule is CCC(C)c1ccccc1OCC1CCC(C(=O)O)O1. The Kier molecular flexibility index (Phi) is 5.01. The Morgan fingerprint density at radius 3 is 2.85 bits per heavy atom. The van der Waals surface area contributed by atoms with Gasteiger partial charge >= 0.3 is 5.97 Å². The third-order valence-electron chi connectivity index (χ3n) is 3.87. The monoisotopic (exact) mass is 278 g/mol. The molecule has 0 bridgehead atoms. The summed E-state index contributed by atoms with van der Waals surface area (Å²) in [5.74, 6) is 0.444. The summed E-state index contributed by atoms with van der Waals surface area (Å²) in [7, 11) is 0. The maximum atomic E-state index is 10.8. The highest BCUT2D eigenvalue weighted by atomic mass is 16.6. The number of carboxylic acids is 1. The van der Waals surface area contributed by atoms with Crippen molar-refractivity contribution < 1.29 is 19.4 Å². The highest BCUT2D eigenvalue weighted by Crippen LogP contribution is 2.29. The smallest absolute Gasteiger partial charge is 0.332 e. The molecule has 0 radical (unpaired) electrons. The van der Waals surface area contributed by atoms with E-state index in [1.54, 1.807) is 0 Å². The summed E-state index contributed by atoms with van der Waals surface area (Å²) in [5.41, 5.74) is 1.20. The highest BCUT2D eigenvalue weighted by molar-refractivity contribution is 5.72. The Morgan fingerprint density at radius 1 is 1.45 bits per heavy atom. The van der Waals surface area contributed by atoms with Crippen molar-refractivity contribution in [3.05, 3.63) is 29.8 Å². The van der Waals surface area contributed by atoms with Gasteiger partial charge < -0.3 is 14.6 Å². The van der Waals surface area contributed by atoms with Crippen LogP contribution < -0.4 is 4.74 Å². The number of hydrogen-bond acceptors (Lipinski definition) is 3. The Hall–Kier alpha value is -1.55. The lowest BCUT2D eigenvalue weighted by molar-refractivity contribution is -0.149. The second kappa shape index (κ2) is 6.75. The van der Waals surface area contributed by atoms with Crippen LogP contribution in [0.3, 0.4) is 0 Å². The van der Waals surface area contributed by atoms with Crippen LogP contribution in [0.15, 0.2) is 24.3 Å². The Labute approximate surface area is 119 Å². The third kappa shape index (κ3) is 3.51. The number of hydrogen-bond donors (Lipinski definition) is 1. The van der Waals surface area contributed by atoms with Gasteiger partial charge in [-0.05, 0) is 36.8 Å². The molecule has 1 fully saturated rings. The molecule has 1 aliphatic rings. The summed E-state index contributed by atoms with van der Waals surface area (Å²) in [6.07, 6.45) is 1.56. The third-order valence-corrected chi connectivity index (χ3v) is 3.87. The zero-order valence-electron chi connectivity index (χ0n) is 12.0. The molecule has 0 aromatic heterocycles. The summed E-state index contributed by atoms with van der Waals surface area (Å²) in [5, 5.41) is 8.90.